The minimum atomic E-state index is -0.170. The molecule has 0 saturated heterocycles. The van der Waals surface area contributed by atoms with E-state index in [9.17, 15) is 4.79 Å². The van der Waals surface area contributed by atoms with Gasteiger partial charge in [-0.15, -0.1) is 0 Å². The van der Waals surface area contributed by atoms with Crippen LogP contribution in [0.5, 0.6) is 0 Å². The second kappa shape index (κ2) is 3.88. The molecule has 0 aliphatic carbocycles. The summed E-state index contributed by atoms with van der Waals surface area (Å²) in [6.45, 7) is 0. The maximum atomic E-state index is 10.5. The van der Waals surface area contributed by atoms with Crippen LogP contribution in [0, 0.1) is 0 Å². The molecular formula is C9H11NO. The van der Waals surface area contributed by atoms with Crippen LogP contribution in [-0.2, 0) is 4.79 Å². The molecular weight excluding hydrogens is 138 g/mol. The van der Waals surface area contributed by atoms with Crippen LogP contribution in [0.15, 0.2) is 30.3 Å². The van der Waals surface area contributed by atoms with Crippen LogP contribution >= 0.6 is 0 Å². The fraction of sp³-hybridized carbons (Fsp3) is 0.222. The van der Waals surface area contributed by atoms with E-state index in [1.165, 1.54) is 0 Å². The Bertz CT molecular complexity index is 220. The Labute approximate surface area is 66.2 Å². The van der Waals surface area contributed by atoms with Gasteiger partial charge in [0.2, 0.25) is 0 Å². The van der Waals surface area contributed by atoms with Crippen LogP contribution in [0.2, 0.25) is 0 Å². The van der Waals surface area contributed by atoms with E-state index in [2.05, 4.69) is 5.32 Å². The molecule has 1 rings (SSSR count). The lowest BCUT2D eigenvalue weighted by Gasteiger charge is -2.07. The molecule has 0 saturated carbocycles. The Hall–Kier alpha value is -1.15. The van der Waals surface area contributed by atoms with Crippen molar-refractivity contribution in [3.05, 3.63) is 35.9 Å². The van der Waals surface area contributed by atoms with Crippen LogP contribution in [-0.4, -0.2) is 13.3 Å². The molecule has 1 atom stereocenters. The number of hydrogen-bond acceptors (Lipinski definition) is 2. The molecule has 0 fully saturated rings. The first-order valence-electron chi connectivity index (χ1n) is 3.56. The summed E-state index contributed by atoms with van der Waals surface area (Å²) in [6.07, 6.45) is 0.898. The Morgan fingerprint density at radius 1 is 1.36 bits per heavy atom. The number of carbonyl (C=O) groups is 1. The van der Waals surface area contributed by atoms with E-state index in [1.54, 1.807) is 7.05 Å². The van der Waals surface area contributed by atoms with Crippen molar-refractivity contribution in [1.82, 2.24) is 5.32 Å². The summed E-state index contributed by atoms with van der Waals surface area (Å²) < 4.78 is 0. The average Bonchev–Trinajstić information content (AvgIpc) is 2.09. The van der Waals surface area contributed by atoms with E-state index in [-0.39, 0.29) is 6.04 Å². The number of benzene rings is 1. The largest absolute Gasteiger partial charge is 0.307 e. The quantitative estimate of drug-likeness (QED) is 0.653. The van der Waals surface area contributed by atoms with E-state index in [4.69, 9.17) is 0 Å². The van der Waals surface area contributed by atoms with E-state index < -0.39 is 0 Å². The highest BCUT2D eigenvalue weighted by atomic mass is 16.1. The Kier molecular flexibility index (Phi) is 2.81. The molecule has 0 spiro atoms. The van der Waals surface area contributed by atoms with Gasteiger partial charge in [0.15, 0.2) is 0 Å². The van der Waals surface area contributed by atoms with Crippen molar-refractivity contribution in [3.8, 4) is 0 Å². The van der Waals surface area contributed by atoms with Crippen molar-refractivity contribution in [2.24, 2.45) is 0 Å². The third-order valence-corrected chi connectivity index (χ3v) is 1.61. The lowest BCUT2D eigenvalue weighted by molar-refractivity contribution is -0.109. The summed E-state index contributed by atoms with van der Waals surface area (Å²) in [5.41, 5.74) is 1.00. The highest BCUT2D eigenvalue weighted by molar-refractivity contribution is 5.61. The van der Waals surface area contributed by atoms with Gasteiger partial charge in [-0.2, -0.15) is 0 Å². The molecule has 0 bridgehead atoms. The molecule has 58 valence electrons. The van der Waals surface area contributed by atoms with Crippen molar-refractivity contribution in [2.75, 3.05) is 7.05 Å². The lowest BCUT2D eigenvalue weighted by atomic mass is 10.1. The van der Waals surface area contributed by atoms with Crippen LogP contribution in [0.4, 0.5) is 0 Å². The minimum Gasteiger partial charge on any atom is -0.307 e. The molecule has 1 aromatic carbocycles. The van der Waals surface area contributed by atoms with Crippen molar-refractivity contribution >= 4 is 6.29 Å². The van der Waals surface area contributed by atoms with Crippen LogP contribution in [0.1, 0.15) is 11.6 Å². The SMILES string of the molecule is CN[C@@H](C=O)c1ccccc1. The molecule has 0 aliphatic rings. The van der Waals surface area contributed by atoms with Gasteiger partial charge < -0.3 is 10.1 Å². The molecule has 0 heterocycles. The molecule has 1 N–H and O–H groups in total. The summed E-state index contributed by atoms with van der Waals surface area (Å²) in [7, 11) is 1.77. The van der Waals surface area contributed by atoms with Gasteiger partial charge in [-0.25, -0.2) is 0 Å². The first-order chi connectivity index (χ1) is 5.38. The number of aldehydes is 1. The number of carbonyl (C=O) groups excluding carboxylic acids is 1. The average molecular weight is 149 g/mol. The van der Waals surface area contributed by atoms with Crippen molar-refractivity contribution in [2.45, 2.75) is 6.04 Å². The topological polar surface area (TPSA) is 29.1 Å². The smallest absolute Gasteiger partial charge is 0.141 e. The Balaban J connectivity index is 2.82. The Morgan fingerprint density at radius 2 is 2.00 bits per heavy atom. The van der Waals surface area contributed by atoms with Gasteiger partial charge in [0.25, 0.3) is 0 Å². The van der Waals surface area contributed by atoms with Gasteiger partial charge in [0.1, 0.15) is 6.29 Å². The van der Waals surface area contributed by atoms with Gasteiger partial charge in [0.05, 0.1) is 6.04 Å². The molecule has 0 aromatic heterocycles. The summed E-state index contributed by atoms with van der Waals surface area (Å²) in [5.74, 6) is 0. The van der Waals surface area contributed by atoms with E-state index in [0.29, 0.717) is 0 Å². The van der Waals surface area contributed by atoms with Gasteiger partial charge in [0, 0.05) is 0 Å². The van der Waals surface area contributed by atoms with Crippen LogP contribution < -0.4 is 5.32 Å². The van der Waals surface area contributed by atoms with Crippen molar-refractivity contribution in [1.29, 1.82) is 0 Å². The zero-order chi connectivity index (χ0) is 8.10. The van der Waals surface area contributed by atoms with E-state index >= 15 is 0 Å². The van der Waals surface area contributed by atoms with Gasteiger partial charge in [-0.05, 0) is 12.6 Å². The molecule has 0 aliphatic heterocycles. The summed E-state index contributed by atoms with van der Waals surface area (Å²) in [6, 6.07) is 9.45. The van der Waals surface area contributed by atoms with Gasteiger partial charge in [-0.3, -0.25) is 0 Å². The molecule has 11 heavy (non-hydrogen) atoms. The van der Waals surface area contributed by atoms with E-state index in [0.717, 1.165) is 11.8 Å². The number of likely N-dealkylation sites (N-methyl/N-ethyl adjacent to an activating group) is 1. The summed E-state index contributed by atoms with van der Waals surface area (Å²) in [4.78, 5) is 10.5. The van der Waals surface area contributed by atoms with Crippen LogP contribution in [0.3, 0.4) is 0 Å². The van der Waals surface area contributed by atoms with Gasteiger partial charge in [-0.1, -0.05) is 30.3 Å². The molecule has 2 heteroatoms. The zero-order valence-electron chi connectivity index (χ0n) is 6.45. The monoisotopic (exact) mass is 149 g/mol. The predicted molar refractivity (Wildman–Crippen MR) is 44.3 cm³/mol. The normalized spacial score (nSPS) is 12.5. The van der Waals surface area contributed by atoms with Crippen molar-refractivity contribution in [3.63, 3.8) is 0 Å². The molecule has 1 aromatic rings. The predicted octanol–water partition coefficient (Wildman–Crippen LogP) is 1.15. The molecule has 2 nitrogen and oxygen atoms in total. The highest BCUT2D eigenvalue weighted by Crippen LogP contribution is 2.07. The maximum absolute atomic E-state index is 10.5. The highest BCUT2D eigenvalue weighted by Gasteiger charge is 2.04. The lowest BCUT2D eigenvalue weighted by Crippen LogP contribution is -2.16. The first-order valence-corrected chi connectivity index (χ1v) is 3.56. The first kappa shape index (κ1) is 7.95. The molecule has 0 unspecified atom stereocenters. The van der Waals surface area contributed by atoms with Crippen molar-refractivity contribution < 1.29 is 4.79 Å². The second-order valence-corrected chi connectivity index (χ2v) is 2.31. The Morgan fingerprint density at radius 3 is 2.45 bits per heavy atom. The summed E-state index contributed by atoms with van der Waals surface area (Å²) >= 11 is 0. The minimum absolute atomic E-state index is 0.170. The fourth-order valence-electron chi connectivity index (χ4n) is 0.974. The van der Waals surface area contributed by atoms with Crippen LogP contribution in [0.25, 0.3) is 0 Å². The molecule has 0 amide bonds. The second-order valence-electron chi connectivity index (χ2n) is 2.31. The van der Waals surface area contributed by atoms with Gasteiger partial charge >= 0.3 is 0 Å². The fourth-order valence-corrected chi connectivity index (χ4v) is 0.974. The third kappa shape index (κ3) is 1.88. The van der Waals surface area contributed by atoms with E-state index in [1.807, 2.05) is 30.3 Å². The zero-order valence-corrected chi connectivity index (χ0v) is 6.45. The number of rotatable bonds is 3. The number of nitrogens with one attached hydrogen (secondary N) is 1. The standard InChI is InChI=1S/C9H11NO/c1-10-9(7-11)8-5-3-2-4-6-8/h2-7,9-10H,1H3/t9-/m0/s1. The summed E-state index contributed by atoms with van der Waals surface area (Å²) in [5, 5.41) is 2.90. The third-order valence-electron chi connectivity index (χ3n) is 1.61. The molecule has 0 radical (unpaired) electrons. The number of hydrogen-bond donors (Lipinski definition) is 1. The maximum Gasteiger partial charge on any atom is 0.141 e.